The van der Waals surface area contributed by atoms with E-state index < -0.39 is 138 Å². The molecular formula is C40H39N3O24. The van der Waals surface area contributed by atoms with Gasteiger partial charge in [-0.15, -0.1) is 0 Å². The third kappa shape index (κ3) is 12.4. The van der Waals surface area contributed by atoms with Crippen molar-refractivity contribution >= 4 is 82.0 Å². The van der Waals surface area contributed by atoms with Crippen LogP contribution >= 0.6 is 0 Å². The number of aromatic carboxylic acids is 1. The number of rotatable bonds is 22. The molecule has 358 valence electrons. The second-order valence-corrected chi connectivity index (χ2v) is 14.0. The molecule has 0 fully saturated rings. The van der Waals surface area contributed by atoms with Gasteiger partial charge in [0.15, 0.2) is 17.3 Å². The highest BCUT2D eigenvalue weighted by Crippen LogP contribution is 2.51. The van der Waals surface area contributed by atoms with Crippen LogP contribution in [0.4, 0.5) is 11.4 Å². The van der Waals surface area contributed by atoms with Gasteiger partial charge in [-0.1, -0.05) is 0 Å². The number of benzene rings is 2. The van der Waals surface area contributed by atoms with E-state index in [4.69, 9.17) is 42.0 Å². The number of aromatic nitrogens is 1. The maximum Gasteiger partial charge on any atom is 0.504 e. The highest BCUT2D eigenvalue weighted by atomic mass is 16.9. The van der Waals surface area contributed by atoms with Crippen LogP contribution in [0.5, 0.6) is 23.0 Å². The first kappa shape index (κ1) is 50.7. The molecule has 27 nitrogen and oxygen atoms in total. The molecule has 0 saturated heterocycles. The van der Waals surface area contributed by atoms with E-state index in [0.717, 1.165) is 65.9 Å². The average molecular weight is 946 g/mol. The number of fused-ring (bicyclic) bond motifs is 1. The van der Waals surface area contributed by atoms with Crippen LogP contribution in [0.25, 0.3) is 22.6 Å². The fourth-order valence-corrected chi connectivity index (χ4v) is 6.18. The Kier molecular flexibility index (Phi) is 15.4. The van der Waals surface area contributed by atoms with Crippen LogP contribution in [0.15, 0.2) is 39.3 Å². The van der Waals surface area contributed by atoms with Gasteiger partial charge in [-0.25, -0.2) is 9.78 Å². The van der Waals surface area contributed by atoms with Gasteiger partial charge in [-0.2, -0.15) is 0 Å². The number of carbonyl (C=O) groups is 10. The molecule has 0 amide bonds. The molecule has 0 aliphatic heterocycles. The number of oxazole rings is 1. The second kappa shape index (κ2) is 20.3. The fourth-order valence-electron chi connectivity index (χ4n) is 6.18. The Bertz CT molecular complexity index is 2630. The van der Waals surface area contributed by atoms with E-state index in [0.29, 0.717) is 9.80 Å². The predicted molar refractivity (Wildman–Crippen MR) is 215 cm³/mol. The minimum absolute atomic E-state index is 0.0333. The topological polar surface area (TPSA) is 382 Å². The van der Waals surface area contributed by atoms with Gasteiger partial charge >= 0.3 is 71.5 Å². The summed E-state index contributed by atoms with van der Waals surface area (Å²) in [5, 5.41) is 48.8. The summed E-state index contributed by atoms with van der Waals surface area (Å²) >= 11 is 0. The number of aryl methyl sites for hydroxylation is 1. The molecule has 2 aromatic heterocycles. The third-order valence-corrected chi connectivity index (χ3v) is 8.34. The van der Waals surface area contributed by atoms with Gasteiger partial charge in [0.1, 0.15) is 43.2 Å². The van der Waals surface area contributed by atoms with E-state index in [1.54, 1.807) is 0 Å². The Labute approximate surface area is 374 Å². The van der Waals surface area contributed by atoms with Crippen LogP contribution < -0.4 is 28.7 Å². The summed E-state index contributed by atoms with van der Waals surface area (Å²) in [5.74, 6) is -25.8. The highest BCUT2D eigenvalue weighted by molar-refractivity contribution is 5.91. The summed E-state index contributed by atoms with van der Waals surface area (Å²) in [7, 11) is 0. The summed E-state index contributed by atoms with van der Waals surface area (Å²) in [6, 6.07) is 4.12. The molecule has 0 spiro atoms. The molecule has 1 atom stereocenters. The molecule has 2 aromatic carbocycles. The summed E-state index contributed by atoms with van der Waals surface area (Å²) in [6.07, 6.45) is 0.856. The van der Waals surface area contributed by atoms with Gasteiger partial charge in [-0.3, -0.25) is 43.2 Å². The van der Waals surface area contributed by atoms with Crippen molar-refractivity contribution in [2.45, 2.75) is 60.2 Å². The molecule has 27 heteroatoms. The van der Waals surface area contributed by atoms with Crippen LogP contribution in [-0.4, -0.2) is 128 Å². The number of anilines is 2. The number of carboxylic acid groups (broad SMARTS) is 5. The maximum atomic E-state index is 13.2. The van der Waals surface area contributed by atoms with Gasteiger partial charge in [-0.05, 0) is 30.7 Å². The maximum absolute atomic E-state index is 13.2. The number of nitrogens with zero attached hydrogens (tertiary/aromatic N) is 3. The SMILES string of the molecule is CC(=O)Oc1c(C)cc(OC(OC(C)=O)(OC(C)=O)C(C)(OC(C)=O)Oc2cc3cc(-c4ncc(C(=O)O)o4)oc3cc2N(CC(=O)O)CC(=O)O)c(N(CC(=O)O)CC(=O)O)c1OC(C)=O. The van der Waals surface area contributed by atoms with E-state index in [9.17, 15) is 73.5 Å². The van der Waals surface area contributed by atoms with E-state index in [1.807, 2.05) is 0 Å². The quantitative estimate of drug-likeness (QED) is 0.0429. The Morgan fingerprint density at radius 1 is 0.612 bits per heavy atom. The number of carboxylic acids is 5. The van der Waals surface area contributed by atoms with E-state index in [-0.39, 0.29) is 28.2 Å². The predicted octanol–water partition coefficient (Wildman–Crippen LogP) is 2.41. The summed E-state index contributed by atoms with van der Waals surface area (Å²) in [4.78, 5) is 130. The first-order chi connectivity index (χ1) is 31.1. The smallest absolute Gasteiger partial charge is 0.480 e. The monoisotopic (exact) mass is 945 g/mol. The molecule has 67 heavy (non-hydrogen) atoms. The average Bonchev–Trinajstić information content (AvgIpc) is 3.81. The normalized spacial score (nSPS) is 11.9. The standard InChI is InChI=1S/C40H39N3O24/c1-17-8-27(34(43(15-32(53)54)16-33(55)56)36(60-19(3)45)35(17)59-18(2)44)67-40(64-21(5)47,65-22(6)48)39(7,63-20(4)46)66-26-9-23-10-28(37-41-12-29(62-37)38(57)58)61-25(23)11-24(26)42(13-30(49)50)14-31(51)52/h8-12H,13-16H2,1-7H3,(H,49,50)(H,51,52)(H,53,54)(H,55,56)(H,57,58). The van der Waals surface area contributed by atoms with Crippen molar-refractivity contribution in [3.05, 3.63) is 41.8 Å². The Hall–Kier alpha value is -8.91. The number of ether oxygens (including phenoxy) is 7. The molecule has 1 unspecified atom stereocenters. The lowest BCUT2D eigenvalue weighted by molar-refractivity contribution is -0.415. The third-order valence-electron chi connectivity index (χ3n) is 8.34. The molecular weight excluding hydrogens is 906 g/mol. The minimum Gasteiger partial charge on any atom is -0.480 e. The van der Waals surface area contributed by atoms with Gasteiger partial charge in [0.25, 0.3) is 5.89 Å². The molecule has 4 aromatic rings. The molecule has 0 saturated carbocycles. The second-order valence-electron chi connectivity index (χ2n) is 14.0. The number of furan rings is 1. The number of aliphatic carboxylic acids is 4. The molecule has 0 aliphatic rings. The fraction of sp³-hybridized carbons (Fsp3) is 0.325. The zero-order valence-corrected chi connectivity index (χ0v) is 36.0. The zero-order valence-electron chi connectivity index (χ0n) is 36.0. The van der Waals surface area contributed by atoms with Gasteiger partial charge in [0.05, 0.1) is 11.9 Å². The summed E-state index contributed by atoms with van der Waals surface area (Å²) in [6.45, 7) is 1.26. The summed E-state index contributed by atoms with van der Waals surface area (Å²) < 4.78 is 50.6. The minimum atomic E-state index is -3.68. The highest BCUT2D eigenvalue weighted by Gasteiger charge is 2.65. The summed E-state index contributed by atoms with van der Waals surface area (Å²) in [5.41, 5.74) is -1.78. The van der Waals surface area contributed by atoms with Crippen LogP contribution in [0.2, 0.25) is 0 Å². The molecule has 0 aliphatic carbocycles. The molecule has 0 bridgehead atoms. The van der Waals surface area contributed by atoms with Crippen LogP contribution in [0, 0.1) is 6.92 Å². The van der Waals surface area contributed by atoms with Crippen molar-refractivity contribution in [3.63, 3.8) is 0 Å². The Morgan fingerprint density at radius 3 is 1.58 bits per heavy atom. The lowest BCUT2D eigenvalue weighted by atomic mass is 10.1. The van der Waals surface area contributed by atoms with Crippen LogP contribution in [-0.2, 0) is 57.4 Å². The van der Waals surface area contributed by atoms with E-state index >= 15 is 0 Å². The van der Waals surface area contributed by atoms with Crippen LogP contribution in [0.3, 0.4) is 0 Å². The Morgan fingerprint density at radius 2 is 1.12 bits per heavy atom. The first-order valence-corrected chi connectivity index (χ1v) is 18.8. The zero-order chi connectivity index (χ0) is 50.3. The van der Waals surface area contributed by atoms with Crippen LogP contribution in [0.1, 0.15) is 57.7 Å². The Balaban J connectivity index is 2.19. The number of esters is 5. The number of hydrogen-bond acceptors (Lipinski definition) is 22. The van der Waals surface area contributed by atoms with Gasteiger partial charge in [0.2, 0.25) is 11.5 Å². The van der Waals surface area contributed by atoms with Crippen molar-refractivity contribution in [2.24, 2.45) is 0 Å². The molecule has 0 radical (unpaired) electrons. The van der Waals surface area contributed by atoms with Crippen molar-refractivity contribution in [3.8, 4) is 34.6 Å². The van der Waals surface area contributed by atoms with Crippen molar-refractivity contribution in [1.82, 2.24) is 4.98 Å². The lowest BCUT2D eigenvalue weighted by Crippen LogP contribution is -2.66. The first-order valence-electron chi connectivity index (χ1n) is 18.8. The van der Waals surface area contributed by atoms with Crippen molar-refractivity contribution in [1.29, 1.82) is 0 Å². The number of hydrogen-bond donors (Lipinski definition) is 5. The van der Waals surface area contributed by atoms with E-state index in [1.165, 1.54) is 13.0 Å². The van der Waals surface area contributed by atoms with Gasteiger partial charge in [0, 0.05) is 53.0 Å². The number of carbonyl (C=O) groups excluding carboxylic acids is 5. The molecule has 5 N–H and O–H groups in total. The van der Waals surface area contributed by atoms with E-state index in [2.05, 4.69) is 4.98 Å². The van der Waals surface area contributed by atoms with Gasteiger partial charge < -0.3 is 77.3 Å². The molecule has 2 heterocycles. The van der Waals surface area contributed by atoms with Crippen molar-refractivity contribution < 1.29 is 115 Å². The molecule has 4 rings (SSSR count). The lowest BCUT2D eigenvalue weighted by Gasteiger charge is -2.43. The van der Waals surface area contributed by atoms with Crippen molar-refractivity contribution in [2.75, 3.05) is 36.0 Å². The largest absolute Gasteiger partial charge is 0.504 e.